The fourth-order valence-corrected chi connectivity index (χ4v) is 2.30. The van der Waals surface area contributed by atoms with Crippen LogP contribution in [-0.4, -0.2) is 26.0 Å². The zero-order valence-corrected chi connectivity index (χ0v) is 11.1. The van der Waals surface area contributed by atoms with Gasteiger partial charge in [-0.25, -0.2) is 0 Å². The summed E-state index contributed by atoms with van der Waals surface area (Å²) in [6.07, 6.45) is 0. The van der Waals surface area contributed by atoms with Crippen LogP contribution in [0.25, 0.3) is 0 Å². The Morgan fingerprint density at radius 3 is 2.75 bits per heavy atom. The number of para-hydroxylation sites is 1. The van der Waals surface area contributed by atoms with Crippen molar-refractivity contribution >= 4 is 11.8 Å². The van der Waals surface area contributed by atoms with Gasteiger partial charge in [0.2, 0.25) is 0 Å². The lowest BCUT2D eigenvalue weighted by Crippen LogP contribution is -2.22. The molecule has 0 aromatic heterocycles. The lowest BCUT2D eigenvalue weighted by molar-refractivity contribution is 0.405. The Balaban J connectivity index is 2.26. The largest absolute Gasteiger partial charge is 0.496 e. The summed E-state index contributed by atoms with van der Waals surface area (Å²) in [6, 6.07) is 8.15. The summed E-state index contributed by atoms with van der Waals surface area (Å²) >= 11 is 1.84. The first-order valence-electron chi connectivity index (χ1n) is 5.70. The molecule has 0 saturated carbocycles. The van der Waals surface area contributed by atoms with E-state index in [0.29, 0.717) is 0 Å². The summed E-state index contributed by atoms with van der Waals surface area (Å²) in [7, 11) is 1.72. The van der Waals surface area contributed by atoms with Crippen LogP contribution < -0.4 is 10.1 Å². The fourth-order valence-electron chi connectivity index (χ4n) is 1.36. The van der Waals surface area contributed by atoms with E-state index in [0.717, 1.165) is 30.5 Å². The van der Waals surface area contributed by atoms with Crippen LogP contribution in [0.1, 0.15) is 13.8 Å². The normalized spacial score (nSPS) is 10.8. The van der Waals surface area contributed by atoms with Gasteiger partial charge >= 0.3 is 0 Å². The molecule has 0 fully saturated rings. The van der Waals surface area contributed by atoms with Gasteiger partial charge in [-0.2, -0.15) is 0 Å². The zero-order chi connectivity index (χ0) is 11.8. The smallest absolute Gasteiger partial charge is 0.132 e. The maximum Gasteiger partial charge on any atom is 0.132 e. The third-order valence-electron chi connectivity index (χ3n) is 2.16. The third-order valence-corrected chi connectivity index (χ3v) is 3.21. The number of ether oxygens (including phenoxy) is 1. The van der Waals surface area contributed by atoms with E-state index in [1.54, 1.807) is 7.11 Å². The van der Waals surface area contributed by atoms with E-state index in [2.05, 4.69) is 25.2 Å². The van der Waals surface area contributed by atoms with Gasteiger partial charge in [0.1, 0.15) is 5.75 Å². The van der Waals surface area contributed by atoms with Crippen molar-refractivity contribution in [2.24, 2.45) is 5.92 Å². The standard InChI is InChI=1S/C13H21NOS/c1-11(2)10-14-8-9-16-13-7-5-4-6-12(13)15-3/h4-7,11,14H,8-10H2,1-3H3. The van der Waals surface area contributed by atoms with Crippen LogP contribution in [-0.2, 0) is 0 Å². The summed E-state index contributed by atoms with van der Waals surface area (Å²) in [4.78, 5) is 1.22. The second-order valence-corrected chi connectivity index (χ2v) is 5.23. The quantitative estimate of drug-likeness (QED) is 0.584. The van der Waals surface area contributed by atoms with Crippen LogP contribution in [0.5, 0.6) is 5.75 Å². The minimum absolute atomic E-state index is 0.719. The monoisotopic (exact) mass is 239 g/mol. The zero-order valence-electron chi connectivity index (χ0n) is 10.3. The number of hydrogen-bond acceptors (Lipinski definition) is 3. The first kappa shape index (κ1) is 13.4. The van der Waals surface area contributed by atoms with E-state index >= 15 is 0 Å². The molecule has 0 aliphatic carbocycles. The second-order valence-electron chi connectivity index (χ2n) is 4.10. The van der Waals surface area contributed by atoms with Gasteiger partial charge in [-0.1, -0.05) is 26.0 Å². The molecule has 0 atom stereocenters. The van der Waals surface area contributed by atoms with Crippen molar-refractivity contribution in [3.8, 4) is 5.75 Å². The highest BCUT2D eigenvalue weighted by atomic mass is 32.2. The Hall–Kier alpha value is -0.670. The number of benzene rings is 1. The molecule has 16 heavy (non-hydrogen) atoms. The lowest BCUT2D eigenvalue weighted by atomic mass is 10.2. The highest BCUT2D eigenvalue weighted by Crippen LogP contribution is 2.27. The van der Waals surface area contributed by atoms with Crippen LogP contribution in [0, 0.1) is 5.92 Å². The molecule has 0 heterocycles. The van der Waals surface area contributed by atoms with Crippen LogP contribution in [0.2, 0.25) is 0 Å². The minimum atomic E-state index is 0.719. The Kier molecular flexibility index (Phi) is 6.34. The van der Waals surface area contributed by atoms with Gasteiger partial charge in [0, 0.05) is 17.2 Å². The summed E-state index contributed by atoms with van der Waals surface area (Å²) in [5, 5.41) is 3.43. The summed E-state index contributed by atoms with van der Waals surface area (Å²) in [6.45, 7) is 6.58. The van der Waals surface area contributed by atoms with Crippen molar-refractivity contribution in [2.75, 3.05) is 26.0 Å². The predicted octanol–water partition coefficient (Wildman–Crippen LogP) is 3.03. The molecule has 0 radical (unpaired) electrons. The predicted molar refractivity (Wildman–Crippen MR) is 71.4 cm³/mol. The lowest BCUT2D eigenvalue weighted by Gasteiger charge is -2.09. The van der Waals surface area contributed by atoms with Crippen LogP contribution in [0.15, 0.2) is 29.2 Å². The average Bonchev–Trinajstić information content (AvgIpc) is 2.29. The van der Waals surface area contributed by atoms with Gasteiger partial charge < -0.3 is 10.1 Å². The molecule has 0 amide bonds. The van der Waals surface area contributed by atoms with Gasteiger partial charge in [-0.05, 0) is 24.6 Å². The molecule has 3 heteroatoms. The second kappa shape index (κ2) is 7.58. The molecule has 0 bridgehead atoms. The Bertz CT molecular complexity index is 302. The highest BCUT2D eigenvalue weighted by molar-refractivity contribution is 7.99. The number of hydrogen-bond donors (Lipinski definition) is 1. The third kappa shape index (κ3) is 4.90. The van der Waals surface area contributed by atoms with E-state index in [-0.39, 0.29) is 0 Å². The van der Waals surface area contributed by atoms with Crippen molar-refractivity contribution in [1.82, 2.24) is 5.32 Å². The number of rotatable bonds is 7. The maximum absolute atomic E-state index is 5.30. The fraction of sp³-hybridized carbons (Fsp3) is 0.538. The summed E-state index contributed by atoms with van der Waals surface area (Å²) in [5.41, 5.74) is 0. The molecule has 1 aromatic rings. The van der Waals surface area contributed by atoms with Crippen molar-refractivity contribution in [2.45, 2.75) is 18.7 Å². The molecule has 0 aliphatic rings. The first-order chi connectivity index (χ1) is 7.74. The molecule has 90 valence electrons. The molecule has 0 saturated heterocycles. The van der Waals surface area contributed by atoms with Crippen LogP contribution in [0.4, 0.5) is 0 Å². The molecule has 0 spiro atoms. The molecule has 1 N–H and O–H groups in total. The van der Waals surface area contributed by atoms with E-state index in [4.69, 9.17) is 4.74 Å². The molecule has 2 nitrogen and oxygen atoms in total. The van der Waals surface area contributed by atoms with Gasteiger partial charge in [0.15, 0.2) is 0 Å². The van der Waals surface area contributed by atoms with E-state index in [1.165, 1.54) is 4.90 Å². The molecular weight excluding hydrogens is 218 g/mol. The highest BCUT2D eigenvalue weighted by Gasteiger charge is 2.01. The number of thioether (sulfide) groups is 1. The van der Waals surface area contributed by atoms with E-state index < -0.39 is 0 Å². The Morgan fingerprint density at radius 2 is 2.06 bits per heavy atom. The van der Waals surface area contributed by atoms with Gasteiger partial charge in [0.25, 0.3) is 0 Å². The maximum atomic E-state index is 5.30. The van der Waals surface area contributed by atoms with Crippen LogP contribution in [0.3, 0.4) is 0 Å². The number of nitrogens with one attached hydrogen (secondary N) is 1. The van der Waals surface area contributed by atoms with Crippen LogP contribution >= 0.6 is 11.8 Å². The van der Waals surface area contributed by atoms with E-state index in [1.807, 2.05) is 30.0 Å². The summed E-state index contributed by atoms with van der Waals surface area (Å²) in [5.74, 6) is 2.76. The van der Waals surface area contributed by atoms with E-state index in [9.17, 15) is 0 Å². The summed E-state index contributed by atoms with van der Waals surface area (Å²) < 4.78 is 5.30. The molecule has 0 aliphatic heterocycles. The molecule has 1 aromatic carbocycles. The minimum Gasteiger partial charge on any atom is -0.496 e. The van der Waals surface area contributed by atoms with Crippen molar-refractivity contribution < 1.29 is 4.74 Å². The van der Waals surface area contributed by atoms with Crippen molar-refractivity contribution in [3.05, 3.63) is 24.3 Å². The SMILES string of the molecule is COc1ccccc1SCCNCC(C)C. The van der Waals surface area contributed by atoms with Gasteiger partial charge in [-0.3, -0.25) is 0 Å². The van der Waals surface area contributed by atoms with Gasteiger partial charge in [0.05, 0.1) is 7.11 Å². The van der Waals surface area contributed by atoms with Gasteiger partial charge in [-0.15, -0.1) is 11.8 Å². The van der Waals surface area contributed by atoms with Crippen molar-refractivity contribution in [3.63, 3.8) is 0 Å². The Labute approximate surface area is 103 Å². The molecule has 1 rings (SSSR count). The molecule has 0 unspecified atom stereocenters. The topological polar surface area (TPSA) is 21.3 Å². The Morgan fingerprint density at radius 1 is 1.31 bits per heavy atom. The van der Waals surface area contributed by atoms with Crippen molar-refractivity contribution in [1.29, 1.82) is 0 Å². The molecular formula is C13H21NOS. The first-order valence-corrected chi connectivity index (χ1v) is 6.69. The number of methoxy groups -OCH3 is 1. The average molecular weight is 239 g/mol.